The van der Waals surface area contributed by atoms with E-state index >= 15 is 0 Å². The zero-order valence-corrected chi connectivity index (χ0v) is 13.8. The van der Waals surface area contributed by atoms with Crippen molar-refractivity contribution < 1.29 is 19.0 Å². The molecule has 0 bridgehead atoms. The molecule has 23 heavy (non-hydrogen) atoms. The van der Waals surface area contributed by atoms with Crippen LogP contribution < -0.4 is 9.47 Å². The largest absolute Gasteiger partial charge is 0.493 e. The highest BCUT2D eigenvalue weighted by Crippen LogP contribution is 2.33. The average molecular weight is 320 g/mol. The lowest BCUT2D eigenvalue weighted by atomic mass is 9.99. The Morgan fingerprint density at radius 2 is 1.74 bits per heavy atom. The number of rotatable bonds is 4. The Kier molecular flexibility index (Phi) is 5.03. The van der Waals surface area contributed by atoms with Gasteiger partial charge in [0.1, 0.15) is 0 Å². The summed E-state index contributed by atoms with van der Waals surface area (Å²) in [7, 11) is 3.30. The maximum absolute atomic E-state index is 12.4. The van der Waals surface area contributed by atoms with Crippen LogP contribution >= 0.6 is 0 Å². The van der Waals surface area contributed by atoms with Gasteiger partial charge in [-0.05, 0) is 29.7 Å². The average Bonchev–Trinajstić information content (AvgIpc) is 2.61. The van der Waals surface area contributed by atoms with Gasteiger partial charge in [-0.1, -0.05) is 0 Å². The molecule has 0 aromatic heterocycles. The van der Waals surface area contributed by atoms with Crippen LogP contribution in [0, 0.1) is 0 Å². The highest BCUT2D eigenvalue weighted by molar-refractivity contribution is 5.78. The van der Waals surface area contributed by atoms with Gasteiger partial charge in [-0.2, -0.15) is 0 Å². The molecule has 0 atom stereocenters. The highest BCUT2D eigenvalue weighted by Gasteiger charge is 2.24. The van der Waals surface area contributed by atoms with Gasteiger partial charge in [-0.3, -0.25) is 9.69 Å². The molecule has 0 N–H and O–H groups in total. The molecular weight excluding hydrogens is 296 g/mol. The smallest absolute Gasteiger partial charge is 0.236 e. The number of nitrogens with zero attached hydrogens (tertiary/aromatic N) is 2. The summed E-state index contributed by atoms with van der Waals surface area (Å²) in [6.45, 7) is 4.82. The Morgan fingerprint density at radius 1 is 1.09 bits per heavy atom. The molecule has 0 unspecified atom stereocenters. The number of amides is 1. The SMILES string of the molecule is COc1cc2c(cc1OC)CN(CC(=O)N1CCOCC1)CC2. The minimum absolute atomic E-state index is 0.192. The van der Waals surface area contributed by atoms with Crippen molar-refractivity contribution >= 4 is 5.91 Å². The van der Waals surface area contributed by atoms with E-state index in [4.69, 9.17) is 14.2 Å². The van der Waals surface area contributed by atoms with Crippen molar-refractivity contribution in [3.05, 3.63) is 23.3 Å². The van der Waals surface area contributed by atoms with Crippen LogP contribution in [0.15, 0.2) is 12.1 Å². The maximum atomic E-state index is 12.4. The normalized spacial score (nSPS) is 18.4. The third kappa shape index (κ3) is 3.59. The van der Waals surface area contributed by atoms with Gasteiger partial charge >= 0.3 is 0 Å². The fourth-order valence-electron chi connectivity index (χ4n) is 3.18. The molecule has 3 rings (SSSR count). The Hall–Kier alpha value is -1.79. The van der Waals surface area contributed by atoms with Crippen LogP contribution in [0.4, 0.5) is 0 Å². The Morgan fingerprint density at radius 3 is 2.39 bits per heavy atom. The first-order valence-corrected chi connectivity index (χ1v) is 8.03. The number of morpholine rings is 1. The van der Waals surface area contributed by atoms with Gasteiger partial charge in [-0.15, -0.1) is 0 Å². The molecule has 0 aliphatic carbocycles. The van der Waals surface area contributed by atoms with E-state index in [-0.39, 0.29) is 5.91 Å². The molecule has 6 heteroatoms. The van der Waals surface area contributed by atoms with Crippen LogP contribution in [0.5, 0.6) is 11.5 Å². The molecule has 0 saturated carbocycles. The van der Waals surface area contributed by atoms with E-state index in [1.807, 2.05) is 11.0 Å². The third-order valence-electron chi connectivity index (χ3n) is 4.52. The lowest BCUT2D eigenvalue weighted by Crippen LogP contribution is -2.46. The number of carbonyl (C=O) groups excluding carboxylic acids is 1. The van der Waals surface area contributed by atoms with E-state index in [0.717, 1.165) is 31.0 Å². The monoisotopic (exact) mass is 320 g/mol. The number of benzene rings is 1. The number of fused-ring (bicyclic) bond motifs is 1. The molecule has 1 aromatic carbocycles. The first-order chi connectivity index (χ1) is 11.2. The fraction of sp³-hybridized carbons (Fsp3) is 0.588. The summed E-state index contributed by atoms with van der Waals surface area (Å²) < 4.78 is 16.0. The van der Waals surface area contributed by atoms with Crippen molar-refractivity contribution in [1.29, 1.82) is 0 Å². The summed E-state index contributed by atoms with van der Waals surface area (Å²) in [6, 6.07) is 4.08. The van der Waals surface area contributed by atoms with Crippen LogP contribution in [0.2, 0.25) is 0 Å². The molecule has 2 aliphatic rings. The second kappa shape index (κ2) is 7.19. The number of methoxy groups -OCH3 is 2. The highest BCUT2D eigenvalue weighted by atomic mass is 16.5. The molecule has 1 amide bonds. The second-order valence-corrected chi connectivity index (χ2v) is 5.93. The van der Waals surface area contributed by atoms with E-state index in [1.165, 1.54) is 11.1 Å². The van der Waals surface area contributed by atoms with Crippen LogP contribution in [0.1, 0.15) is 11.1 Å². The van der Waals surface area contributed by atoms with E-state index in [2.05, 4.69) is 11.0 Å². The van der Waals surface area contributed by atoms with Gasteiger partial charge < -0.3 is 19.1 Å². The van der Waals surface area contributed by atoms with Crippen molar-refractivity contribution in [3.63, 3.8) is 0 Å². The Bertz CT molecular complexity index is 570. The number of hydrogen-bond donors (Lipinski definition) is 0. The lowest BCUT2D eigenvalue weighted by Gasteiger charge is -2.32. The zero-order chi connectivity index (χ0) is 16.2. The fourth-order valence-corrected chi connectivity index (χ4v) is 3.18. The molecule has 126 valence electrons. The van der Waals surface area contributed by atoms with E-state index < -0.39 is 0 Å². The minimum Gasteiger partial charge on any atom is -0.493 e. The Balaban J connectivity index is 1.66. The zero-order valence-electron chi connectivity index (χ0n) is 13.8. The van der Waals surface area contributed by atoms with Crippen molar-refractivity contribution in [2.24, 2.45) is 0 Å². The molecule has 1 aromatic rings. The quantitative estimate of drug-likeness (QED) is 0.826. The molecule has 1 saturated heterocycles. The topological polar surface area (TPSA) is 51.2 Å². The van der Waals surface area contributed by atoms with Crippen LogP contribution in [0.3, 0.4) is 0 Å². The molecule has 1 fully saturated rings. The number of hydrogen-bond acceptors (Lipinski definition) is 5. The lowest BCUT2D eigenvalue weighted by molar-refractivity contribution is -0.136. The number of carbonyl (C=O) groups is 1. The second-order valence-electron chi connectivity index (χ2n) is 5.93. The first-order valence-electron chi connectivity index (χ1n) is 8.03. The van der Waals surface area contributed by atoms with Gasteiger partial charge in [0.2, 0.25) is 5.91 Å². The molecular formula is C17H24N2O4. The van der Waals surface area contributed by atoms with E-state index in [9.17, 15) is 4.79 Å². The predicted molar refractivity (Wildman–Crippen MR) is 85.9 cm³/mol. The third-order valence-corrected chi connectivity index (χ3v) is 4.52. The van der Waals surface area contributed by atoms with Gasteiger partial charge in [0, 0.05) is 26.2 Å². The predicted octanol–water partition coefficient (Wildman–Crippen LogP) is 0.921. The molecule has 6 nitrogen and oxygen atoms in total. The molecule has 2 aliphatic heterocycles. The van der Waals surface area contributed by atoms with E-state index in [0.29, 0.717) is 32.8 Å². The summed E-state index contributed by atoms with van der Waals surface area (Å²) in [5, 5.41) is 0. The summed E-state index contributed by atoms with van der Waals surface area (Å²) in [6.07, 6.45) is 0.923. The molecule has 0 radical (unpaired) electrons. The summed E-state index contributed by atoms with van der Waals surface area (Å²) in [4.78, 5) is 16.5. The summed E-state index contributed by atoms with van der Waals surface area (Å²) >= 11 is 0. The van der Waals surface area contributed by atoms with Gasteiger partial charge in [0.25, 0.3) is 0 Å². The summed E-state index contributed by atoms with van der Waals surface area (Å²) in [5.41, 5.74) is 2.49. The summed E-state index contributed by atoms with van der Waals surface area (Å²) in [5.74, 6) is 1.70. The van der Waals surface area contributed by atoms with Crippen LogP contribution in [0.25, 0.3) is 0 Å². The standard InChI is InChI=1S/C17H24N2O4/c1-21-15-9-13-3-4-18(11-14(13)10-16(15)22-2)12-17(20)19-5-7-23-8-6-19/h9-10H,3-8,11-12H2,1-2H3. The van der Waals surface area contributed by atoms with Gasteiger partial charge in [-0.25, -0.2) is 0 Å². The van der Waals surface area contributed by atoms with Gasteiger partial charge in [0.15, 0.2) is 11.5 Å². The Labute approximate surface area is 136 Å². The number of ether oxygens (including phenoxy) is 3. The maximum Gasteiger partial charge on any atom is 0.236 e. The molecule has 2 heterocycles. The van der Waals surface area contributed by atoms with Crippen LogP contribution in [-0.2, 0) is 22.5 Å². The molecule has 0 spiro atoms. The van der Waals surface area contributed by atoms with Crippen molar-refractivity contribution in [1.82, 2.24) is 9.80 Å². The first kappa shape index (κ1) is 16.1. The van der Waals surface area contributed by atoms with Crippen molar-refractivity contribution in [2.45, 2.75) is 13.0 Å². The van der Waals surface area contributed by atoms with Crippen LogP contribution in [-0.4, -0.2) is 69.3 Å². The minimum atomic E-state index is 0.192. The van der Waals surface area contributed by atoms with E-state index in [1.54, 1.807) is 14.2 Å². The van der Waals surface area contributed by atoms with Gasteiger partial charge in [0.05, 0.1) is 34.0 Å². The van der Waals surface area contributed by atoms with Crippen molar-refractivity contribution in [2.75, 3.05) is 53.6 Å². The van der Waals surface area contributed by atoms with Crippen molar-refractivity contribution in [3.8, 4) is 11.5 Å².